The molecule has 106 valence electrons. The van der Waals surface area contributed by atoms with E-state index < -0.39 is 10.0 Å². The average molecular weight is 294 g/mol. The summed E-state index contributed by atoms with van der Waals surface area (Å²) in [5.74, 6) is 0.143. The van der Waals surface area contributed by atoms with E-state index in [1.807, 2.05) is 6.92 Å². The SMILES string of the molecule is COCCCS(=O)(=O)N1CCC(C)(C(N)=S)CC1. The molecule has 1 aliphatic heterocycles. The van der Waals surface area contributed by atoms with Crippen LogP contribution in [0, 0.1) is 5.41 Å². The molecule has 0 saturated carbocycles. The quantitative estimate of drug-likeness (QED) is 0.578. The molecular weight excluding hydrogens is 272 g/mol. The average Bonchev–Trinajstić information content (AvgIpc) is 2.29. The highest BCUT2D eigenvalue weighted by Crippen LogP contribution is 2.32. The minimum atomic E-state index is -3.16. The fraction of sp³-hybridized carbons (Fsp3) is 0.909. The second kappa shape index (κ2) is 6.27. The largest absolute Gasteiger partial charge is 0.393 e. The normalized spacial score (nSPS) is 20.8. The second-order valence-corrected chi connectivity index (χ2v) is 7.51. The van der Waals surface area contributed by atoms with E-state index in [4.69, 9.17) is 22.7 Å². The van der Waals surface area contributed by atoms with Crippen LogP contribution < -0.4 is 5.73 Å². The van der Waals surface area contributed by atoms with Gasteiger partial charge in [-0.3, -0.25) is 0 Å². The molecular formula is C11H22N2O3S2. The Morgan fingerprint density at radius 3 is 2.44 bits per heavy atom. The van der Waals surface area contributed by atoms with E-state index >= 15 is 0 Å². The Labute approximate surface area is 115 Å². The maximum atomic E-state index is 12.0. The Morgan fingerprint density at radius 1 is 1.44 bits per heavy atom. The van der Waals surface area contributed by atoms with Gasteiger partial charge in [0.1, 0.15) is 0 Å². The monoisotopic (exact) mass is 294 g/mol. The highest BCUT2D eigenvalue weighted by atomic mass is 32.2. The van der Waals surface area contributed by atoms with Gasteiger partial charge in [-0.15, -0.1) is 0 Å². The number of thiocarbonyl (C=S) groups is 1. The van der Waals surface area contributed by atoms with E-state index in [-0.39, 0.29) is 11.2 Å². The van der Waals surface area contributed by atoms with Crippen LogP contribution in [0.4, 0.5) is 0 Å². The minimum Gasteiger partial charge on any atom is -0.393 e. The van der Waals surface area contributed by atoms with Crippen molar-refractivity contribution in [1.82, 2.24) is 4.31 Å². The zero-order chi connectivity index (χ0) is 13.8. The summed E-state index contributed by atoms with van der Waals surface area (Å²) in [5, 5.41) is 0. The molecule has 0 aromatic rings. The molecule has 0 spiro atoms. The van der Waals surface area contributed by atoms with Crippen LogP contribution in [0.2, 0.25) is 0 Å². The first-order valence-corrected chi connectivity index (χ1v) is 8.10. The highest BCUT2D eigenvalue weighted by molar-refractivity contribution is 7.89. The summed E-state index contributed by atoms with van der Waals surface area (Å²) < 4.78 is 30.5. The maximum absolute atomic E-state index is 12.0. The van der Waals surface area contributed by atoms with Gasteiger partial charge in [0.2, 0.25) is 10.0 Å². The van der Waals surface area contributed by atoms with Crippen LogP contribution in [0.5, 0.6) is 0 Å². The van der Waals surface area contributed by atoms with Gasteiger partial charge in [-0.05, 0) is 19.3 Å². The van der Waals surface area contributed by atoms with Crippen LogP contribution >= 0.6 is 12.2 Å². The summed E-state index contributed by atoms with van der Waals surface area (Å²) >= 11 is 5.04. The number of piperidine rings is 1. The molecule has 0 aromatic carbocycles. The van der Waals surface area contributed by atoms with E-state index in [0.29, 0.717) is 43.9 Å². The maximum Gasteiger partial charge on any atom is 0.214 e. The Bertz CT molecular complexity index is 387. The molecule has 0 amide bonds. The van der Waals surface area contributed by atoms with Gasteiger partial charge in [0.05, 0.1) is 10.7 Å². The van der Waals surface area contributed by atoms with Gasteiger partial charge in [0.25, 0.3) is 0 Å². The van der Waals surface area contributed by atoms with Crippen molar-refractivity contribution in [3.05, 3.63) is 0 Å². The molecule has 0 unspecified atom stereocenters. The third kappa shape index (κ3) is 3.88. The van der Waals surface area contributed by atoms with E-state index in [0.717, 1.165) is 0 Å². The third-order valence-electron chi connectivity index (χ3n) is 3.56. The van der Waals surface area contributed by atoms with Crippen LogP contribution in [0.1, 0.15) is 26.2 Å². The van der Waals surface area contributed by atoms with Crippen LogP contribution in [0.25, 0.3) is 0 Å². The number of nitrogens with two attached hydrogens (primary N) is 1. The molecule has 1 aliphatic rings. The summed E-state index contributed by atoms with van der Waals surface area (Å²) in [5.41, 5.74) is 5.50. The summed E-state index contributed by atoms with van der Waals surface area (Å²) in [6.45, 7) is 3.48. The lowest BCUT2D eigenvalue weighted by Gasteiger charge is -2.37. The van der Waals surface area contributed by atoms with Gasteiger partial charge in [-0.2, -0.15) is 0 Å². The van der Waals surface area contributed by atoms with Crippen molar-refractivity contribution in [2.24, 2.45) is 11.1 Å². The zero-order valence-corrected chi connectivity index (χ0v) is 12.6. The molecule has 1 fully saturated rings. The van der Waals surface area contributed by atoms with Crippen molar-refractivity contribution < 1.29 is 13.2 Å². The molecule has 1 rings (SSSR count). The number of rotatable bonds is 6. The number of hydrogen-bond acceptors (Lipinski definition) is 4. The zero-order valence-electron chi connectivity index (χ0n) is 11.0. The van der Waals surface area contributed by atoms with E-state index in [2.05, 4.69) is 0 Å². The molecule has 5 nitrogen and oxygen atoms in total. The minimum absolute atomic E-state index is 0.143. The Kier molecular flexibility index (Phi) is 5.51. The van der Waals surface area contributed by atoms with Gasteiger partial charge in [0, 0.05) is 32.2 Å². The Balaban J connectivity index is 2.54. The summed E-state index contributed by atoms with van der Waals surface area (Å²) in [4.78, 5) is 0.485. The van der Waals surface area contributed by atoms with Crippen LogP contribution in [-0.4, -0.2) is 50.3 Å². The number of ether oxygens (including phenoxy) is 1. The number of methoxy groups -OCH3 is 1. The molecule has 7 heteroatoms. The van der Waals surface area contributed by atoms with Gasteiger partial charge in [-0.1, -0.05) is 19.1 Å². The lowest BCUT2D eigenvalue weighted by Crippen LogP contribution is -2.47. The first kappa shape index (κ1) is 15.8. The summed E-state index contributed by atoms with van der Waals surface area (Å²) in [7, 11) is -1.59. The molecule has 0 radical (unpaired) electrons. The smallest absolute Gasteiger partial charge is 0.214 e. The van der Waals surface area contributed by atoms with Crippen LogP contribution in [0.15, 0.2) is 0 Å². The standard InChI is InChI=1S/C11H22N2O3S2/c1-11(10(12)17)4-6-13(7-5-11)18(14,15)9-3-8-16-2/h3-9H2,1-2H3,(H2,12,17). The predicted octanol–water partition coefficient (Wildman–Crippen LogP) is 0.741. The highest BCUT2D eigenvalue weighted by Gasteiger charge is 2.36. The van der Waals surface area contributed by atoms with E-state index in [9.17, 15) is 8.42 Å². The van der Waals surface area contributed by atoms with Crippen molar-refractivity contribution in [3.8, 4) is 0 Å². The Morgan fingerprint density at radius 2 is 2.00 bits per heavy atom. The van der Waals surface area contributed by atoms with Crippen molar-refractivity contribution >= 4 is 27.2 Å². The van der Waals surface area contributed by atoms with Crippen molar-refractivity contribution in [2.45, 2.75) is 26.2 Å². The van der Waals surface area contributed by atoms with Crippen LogP contribution in [-0.2, 0) is 14.8 Å². The fourth-order valence-electron chi connectivity index (χ4n) is 2.02. The van der Waals surface area contributed by atoms with Crippen molar-refractivity contribution in [2.75, 3.05) is 32.6 Å². The molecule has 0 aromatic heterocycles. The first-order chi connectivity index (χ1) is 8.32. The lowest BCUT2D eigenvalue weighted by atomic mass is 9.81. The van der Waals surface area contributed by atoms with Crippen molar-refractivity contribution in [3.63, 3.8) is 0 Å². The third-order valence-corrected chi connectivity index (χ3v) is 6.01. The molecule has 18 heavy (non-hydrogen) atoms. The molecule has 0 atom stereocenters. The van der Waals surface area contributed by atoms with Gasteiger partial charge >= 0.3 is 0 Å². The molecule has 1 saturated heterocycles. The van der Waals surface area contributed by atoms with E-state index in [1.54, 1.807) is 11.4 Å². The predicted molar refractivity (Wildman–Crippen MR) is 76.0 cm³/mol. The van der Waals surface area contributed by atoms with Crippen LogP contribution in [0.3, 0.4) is 0 Å². The van der Waals surface area contributed by atoms with Gasteiger partial charge < -0.3 is 10.5 Å². The molecule has 0 aliphatic carbocycles. The molecule has 0 bridgehead atoms. The number of sulfonamides is 1. The van der Waals surface area contributed by atoms with Crippen molar-refractivity contribution in [1.29, 1.82) is 0 Å². The topological polar surface area (TPSA) is 72.6 Å². The van der Waals surface area contributed by atoms with E-state index in [1.165, 1.54) is 0 Å². The number of nitrogens with zero attached hydrogens (tertiary/aromatic N) is 1. The first-order valence-electron chi connectivity index (χ1n) is 6.08. The second-order valence-electron chi connectivity index (χ2n) is 4.99. The molecule has 2 N–H and O–H groups in total. The number of hydrogen-bond donors (Lipinski definition) is 1. The summed E-state index contributed by atoms with van der Waals surface area (Å²) in [6.07, 6.45) is 1.93. The summed E-state index contributed by atoms with van der Waals surface area (Å²) in [6, 6.07) is 0. The van der Waals surface area contributed by atoms with Gasteiger partial charge in [0.15, 0.2) is 0 Å². The lowest BCUT2D eigenvalue weighted by molar-refractivity contribution is 0.198. The Hall–Kier alpha value is -0.240. The van der Waals surface area contributed by atoms with Gasteiger partial charge in [-0.25, -0.2) is 12.7 Å². The fourth-order valence-corrected chi connectivity index (χ4v) is 3.70. The molecule has 1 heterocycles.